The molecule has 21 heavy (non-hydrogen) atoms. The molecule has 1 saturated heterocycles. The van der Waals surface area contributed by atoms with Crippen LogP contribution in [0.5, 0.6) is 0 Å². The molecule has 1 fully saturated rings. The third kappa shape index (κ3) is 4.21. The summed E-state index contributed by atoms with van der Waals surface area (Å²) >= 11 is 0. The number of carbonyl (C=O) groups is 1. The van der Waals surface area contributed by atoms with Gasteiger partial charge in [-0.3, -0.25) is 9.69 Å². The van der Waals surface area contributed by atoms with E-state index in [1.54, 1.807) is 0 Å². The number of aryl methyl sites for hydroxylation is 1. The molecule has 4 nitrogen and oxygen atoms in total. The van der Waals surface area contributed by atoms with E-state index in [4.69, 9.17) is 0 Å². The second-order valence-electron chi connectivity index (χ2n) is 6.15. The average molecular weight is 289 g/mol. The summed E-state index contributed by atoms with van der Waals surface area (Å²) in [5.41, 5.74) is 3.21. The molecule has 1 aromatic rings. The first-order valence-electron chi connectivity index (χ1n) is 7.90. The molecule has 4 heteroatoms. The van der Waals surface area contributed by atoms with Gasteiger partial charge in [0.25, 0.3) is 0 Å². The van der Waals surface area contributed by atoms with E-state index < -0.39 is 0 Å². The minimum Gasteiger partial charge on any atom is -0.381 e. The molecule has 0 bridgehead atoms. The van der Waals surface area contributed by atoms with Crippen molar-refractivity contribution in [1.29, 1.82) is 0 Å². The van der Waals surface area contributed by atoms with Gasteiger partial charge in [-0.1, -0.05) is 13.0 Å². The average Bonchev–Trinajstić information content (AvgIpc) is 2.91. The van der Waals surface area contributed by atoms with E-state index in [-0.39, 0.29) is 5.91 Å². The quantitative estimate of drug-likeness (QED) is 0.874. The number of rotatable bonds is 5. The maximum Gasteiger partial charge on any atom is 0.224 e. The second kappa shape index (κ2) is 6.94. The number of hydrogen-bond donors (Lipinski definition) is 2. The number of nitrogens with zero attached hydrogens (tertiary/aromatic N) is 1. The molecule has 0 spiro atoms. The van der Waals surface area contributed by atoms with E-state index in [2.05, 4.69) is 42.4 Å². The molecule has 1 atom stereocenters. The molecule has 2 N–H and O–H groups in total. The van der Waals surface area contributed by atoms with Crippen LogP contribution in [0.15, 0.2) is 18.2 Å². The molecule has 1 aliphatic heterocycles. The van der Waals surface area contributed by atoms with Gasteiger partial charge in [0.1, 0.15) is 0 Å². The van der Waals surface area contributed by atoms with Crippen molar-refractivity contribution < 1.29 is 4.79 Å². The van der Waals surface area contributed by atoms with Crippen LogP contribution in [-0.2, 0) is 4.79 Å². The van der Waals surface area contributed by atoms with E-state index in [0.717, 1.165) is 24.5 Å². The van der Waals surface area contributed by atoms with Crippen LogP contribution in [0.25, 0.3) is 0 Å². The van der Waals surface area contributed by atoms with Gasteiger partial charge < -0.3 is 10.6 Å². The standard InChI is InChI=1S/C17H27N3O/c1-5-17(21)19-14-7-6-13(4)16(10-14)18-15-8-9-20(11-15)12(2)3/h6-7,10,12,15,18H,5,8-9,11H2,1-4H3,(H,19,21). The van der Waals surface area contributed by atoms with Crippen molar-refractivity contribution in [2.24, 2.45) is 0 Å². The lowest BCUT2D eigenvalue weighted by Gasteiger charge is -2.21. The summed E-state index contributed by atoms with van der Waals surface area (Å²) in [5, 5.41) is 6.55. The summed E-state index contributed by atoms with van der Waals surface area (Å²) in [5.74, 6) is 0.0525. The molecule has 0 radical (unpaired) electrons. The fraction of sp³-hybridized carbons (Fsp3) is 0.588. The summed E-state index contributed by atoms with van der Waals surface area (Å²) in [7, 11) is 0. The maximum absolute atomic E-state index is 11.5. The van der Waals surface area contributed by atoms with Crippen molar-refractivity contribution in [3.63, 3.8) is 0 Å². The van der Waals surface area contributed by atoms with Gasteiger partial charge in [0.05, 0.1) is 0 Å². The van der Waals surface area contributed by atoms with E-state index in [1.807, 2.05) is 19.1 Å². The summed E-state index contributed by atoms with van der Waals surface area (Å²) in [4.78, 5) is 14.0. The molecule has 0 saturated carbocycles. The normalized spacial score (nSPS) is 19.0. The predicted molar refractivity (Wildman–Crippen MR) is 88.8 cm³/mol. The zero-order valence-corrected chi connectivity index (χ0v) is 13.6. The largest absolute Gasteiger partial charge is 0.381 e. The SMILES string of the molecule is CCC(=O)Nc1ccc(C)c(NC2CCN(C(C)C)C2)c1. The Morgan fingerprint density at radius 3 is 2.81 bits per heavy atom. The summed E-state index contributed by atoms with van der Waals surface area (Å²) < 4.78 is 0. The van der Waals surface area contributed by atoms with Crippen molar-refractivity contribution in [1.82, 2.24) is 4.90 Å². The Labute approximate surface area is 127 Å². The highest BCUT2D eigenvalue weighted by atomic mass is 16.1. The molecule has 1 unspecified atom stereocenters. The van der Waals surface area contributed by atoms with Crippen molar-refractivity contribution in [3.8, 4) is 0 Å². The van der Waals surface area contributed by atoms with Gasteiger partial charge in [-0.15, -0.1) is 0 Å². The minimum absolute atomic E-state index is 0.0525. The van der Waals surface area contributed by atoms with Gasteiger partial charge in [-0.25, -0.2) is 0 Å². The van der Waals surface area contributed by atoms with Gasteiger partial charge in [0.15, 0.2) is 0 Å². The molecular weight excluding hydrogens is 262 g/mol. The Balaban J connectivity index is 2.02. The van der Waals surface area contributed by atoms with Crippen molar-refractivity contribution in [2.75, 3.05) is 23.7 Å². The lowest BCUT2D eigenvalue weighted by molar-refractivity contribution is -0.115. The molecule has 0 aromatic heterocycles. The first-order chi connectivity index (χ1) is 9.99. The highest BCUT2D eigenvalue weighted by Crippen LogP contribution is 2.24. The summed E-state index contributed by atoms with van der Waals surface area (Å²) in [6, 6.07) is 7.16. The number of amides is 1. The van der Waals surface area contributed by atoms with Crippen molar-refractivity contribution in [3.05, 3.63) is 23.8 Å². The Hall–Kier alpha value is -1.55. The molecule has 116 valence electrons. The first-order valence-corrected chi connectivity index (χ1v) is 7.90. The lowest BCUT2D eigenvalue weighted by atomic mass is 10.1. The molecule has 0 aliphatic carbocycles. The Morgan fingerprint density at radius 2 is 2.19 bits per heavy atom. The van der Waals surface area contributed by atoms with Crippen LogP contribution < -0.4 is 10.6 Å². The van der Waals surface area contributed by atoms with Gasteiger partial charge in [-0.2, -0.15) is 0 Å². The topological polar surface area (TPSA) is 44.4 Å². The third-order valence-electron chi connectivity index (χ3n) is 4.15. The number of anilines is 2. The van der Waals surface area contributed by atoms with E-state index in [0.29, 0.717) is 18.5 Å². The Bertz CT molecular complexity index is 499. The first kappa shape index (κ1) is 15.8. The molecule has 1 heterocycles. The van der Waals surface area contributed by atoms with Crippen LogP contribution in [-0.4, -0.2) is 36.0 Å². The van der Waals surface area contributed by atoms with E-state index >= 15 is 0 Å². The zero-order valence-electron chi connectivity index (χ0n) is 13.6. The molecule has 2 rings (SSSR count). The number of likely N-dealkylation sites (tertiary alicyclic amines) is 1. The van der Waals surface area contributed by atoms with Crippen LogP contribution in [0.3, 0.4) is 0 Å². The molecule has 1 aliphatic rings. The number of benzene rings is 1. The van der Waals surface area contributed by atoms with Gasteiger partial charge in [0, 0.05) is 43.0 Å². The molecular formula is C17H27N3O. The van der Waals surface area contributed by atoms with Crippen molar-refractivity contribution in [2.45, 2.75) is 52.6 Å². The van der Waals surface area contributed by atoms with E-state index in [9.17, 15) is 4.79 Å². The second-order valence-corrected chi connectivity index (χ2v) is 6.15. The highest BCUT2D eigenvalue weighted by molar-refractivity contribution is 5.91. The molecule has 1 aromatic carbocycles. The molecule has 1 amide bonds. The Morgan fingerprint density at radius 1 is 1.43 bits per heavy atom. The lowest BCUT2D eigenvalue weighted by Crippen LogP contribution is -2.31. The number of nitrogens with one attached hydrogen (secondary N) is 2. The number of carbonyl (C=O) groups excluding carboxylic acids is 1. The number of hydrogen-bond acceptors (Lipinski definition) is 3. The van der Waals surface area contributed by atoms with Crippen molar-refractivity contribution >= 4 is 17.3 Å². The minimum atomic E-state index is 0.0525. The summed E-state index contributed by atoms with van der Waals surface area (Å²) in [6.45, 7) is 10.7. The van der Waals surface area contributed by atoms with Crippen LogP contribution in [0.4, 0.5) is 11.4 Å². The fourth-order valence-corrected chi connectivity index (χ4v) is 2.70. The predicted octanol–water partition coefficient (Wildman–Crippen LogP) is 3.24. The van der Waals surface area contributed by atoms with Crippen LogP contribution in [0.2, 0.25) is 0 Å². The summed E-state index contributed by atoms with van der Waals surface area (Å²) in [6.07, 6.45) is 1.67. The van der Waals surface area contributed by atoms with E-state index in [1.165, 1.54) is 12.0 Å². The van der Waals surface area contributed by atoms with Gasteiger partial charge in [0.2, 0.25) is 5.91 Å². The van der Waals surface area contributed by atoms with Crippen LogP contribution in [0.1, 0.15) is 39.2 Å². The van der Waals surface area contributed by atoms with Crippen LogP contribution in [0, 0.1) is 6.92 Å². The van der Waals surface area contributed by atoms with Crippen LogP contribution >= 0.6 is 0 Å². The smallest absolute Gasteiger partial charge is 0.224 e. The monoisotopic (exact) mass is 289 g/mol. The van der Waals surface area contributed by atoms with Gasteiger partial charge in [-0.05, 0) is 44.9 Å². The fourth-order valence-electron chi connectivity index (χ4n) is 2.70. The Kier molecular flexibility index (Phi) is 5.23. The zero-order chi connectivity index (χ0) is 15.4. The third-order valence-corrected chi connectivity index (χ3v) is 4.15. The van der Waals surface area contributed by atoms with Gasteiger partial charge >= 0.3 is 0 Å². The maximum atomic E-state index is 11.5. The highest BCUT2D eigenvalue weighted by Gasteiger charge is 2.24.